The molecule has 7 N–H and O–H groups in total. The van der Waals surface area contributed by atoms with E-state index in [9.17, 15) is 5.21 Å². The lowest BCUT2D eigenvalue weighted by Gasteiger charge is -2.20. The van der Waals surface area contributed by atoms with Gasteiger partial charge in [-0.3, -0.25) is 5.73 Å². The molecule has 15 heavy (non-hydrogen) atoms. The molecule has 84 valence electrons. The molecule has 0 fully saturated rings. The molecule has 1 aromatic rings. The standard InChI is InChI=1S/C9H17N5O/c10-6-12-13-9-3-1-2-8(4-9)5-14(15)7-11/h1-4,12-14H,5-7,10-11H2. The fraction of sp³-hybridized carbons (Fsp3) is 0.333. The summed E-state index contributed by atoms with van der Waals surface area (Å²) in [5.41, 5.74) is 18.0. The van der Waals surface area contributed by atoms with Crippen molar-refractivity contribution >= 4 is 5.69 Å². The van der Waals surface area contributed by atoms with Gasteiger partial charge in [-0.15, -0.1) is 0 Å². The average molecular weight is 211 g/mol. The van der Waals surface area contributed by atoms with E-state index < -0.39 is 0 Å². The highest BCUT2D eigenvalue weighted by atomic mass is 16.5. The van der Waals surface area contributed by atoms with Gasteiger partial charge in [0, 0.05) is 11.3 Å². The van der Waals surface area contributed by atoms with Crippen LogP contribution in [-0.4, -0.2) is 13.3 Å². The Hall–Kier alpha value is -1.18. The van der Waals surface area contributed by atoms with Gasteiger partial charge in [-0.25, -0.2) is 5.43 Å². The van der Waals surface area contributed by atoms with Crippen LogP contribution in [-0.2, 0) is 6.54 Å². The van der Waals surface area contributed by atoms with Crippen LogP contribution in [0.25, 0.3) is 0 Å². The van der Waals surface area contributed by atoms with Crippen molar-refractivity contribution in [2.24, 2.45) is 11.5 Å². The summed E-state index contributed by atoms with van der Waals surface area (Å²) in [5, 5.41) is 11.2. The van der Waals surface area contributed by atoms with E-state index in [1.165, 1.54) is 0 Å². The number of nitrogens with one attached hydrogen (secondary N) is 3. The number of hydrogen-bond donors (Lipinski definition) is 5. The normalized spacial score (nSPS) is 12.5. The Labute approximate surface area is 88.8 Å². The Morgan fingerprint density at radius 2 is 2.13 bits per heavy atom. The minimum Gasteiger partial charge on any atom is -0.633 e. The predicted molar refractivity (Wildman–Crippen MR) is 59.3 cm³/mol. The van der Waals surface area contributed by atoms with Crippen LogP contribution in [0.15, 0.2) is 24.3 Å². The first kappa shape index (κ1) is 11.9. The van der Waals surface area contributed by atoms with E-state index in [1.54, 1.807) is 0 Å². The smallest absolute Gasteiger partial charge is 0.128 e. The van der Waals surface area contributed by atoms with Crippen molar-refractivity contribution in [1.82, 2.24) is 5.43 Å². The van der Waals surface area contributed by atoms with Gasteiger partial charge in [-0.2, -0.15) is 0 Å². The summed E-state index contributed by atoms with van der Waals surface area (Å²) in [6.45, 7) is 0.791. The first-order valence-electron chi connectivity index (χ1n) is 4.76. The lowest BCUT2D eigenvalue weighted by Crippen LogP contribution is -3.07. The minimum atomic E-state index is 0.0268. The van der Waals surface area contributed by atoms with E-state index >= 15 is 0 Å². The van der Waals surface area contributed by atoms with Crippen molar-refractivity contribution in [2.75, 3.05) is 18.8 Å². The minimum absolute atomic E-state index is 0.0268. The summed E-state index contributed by atoms with van der Waals surface area (Å²) >= 11 is 0. The highest BCUT2D eigenvalue weighted by Gasteiger charge is 1.99. The first-order chi connectivity index (χ1) is 7.26. The van der Waals surface area contributed by atoms with Crippen LogP contribution >= 0.6 is 0 Å². The number of nitrogens with two attached hydrogens (primary N) is 2. The van der Waals surface area contributed by atoms with Gasteiger partial charge in [0.2, 0.25) is 0 Å². The fourth-order valence-electron chi connectivity index (χ4n) is 1.21. The number of anilines is 1. The molecule has 1 rings (SSSR count). The van der Waals surface area contributed by atoms with E-state index in [1.807, 2.05) is 24.3 Å². The molecule has 6 heteroatoms. The summed E-state index contributed by atoms with van der Waals surface area (Å²) in [6, 6.07) is 7.54. The lowest BCUT2D eigenvalue weighted by molar-refractivity contribution is -0.862. The quantitative estimate of drug-likeness (QED) is 0.285. The number of quaternary nitrogens is 1. The molecule has 0 aliphatic rings. The first-order valence-corrected chi connectivity index (χ1v) is 4.76. The zero-order valence-electron chi connectivity index (χ0n) is 8.49. The van der Waals surface area contributed by atoms with Crippen LogP contribution in [0.5, 0.6) is 0 Å². The third-order valence-electron chi connectivity index (χ3n) is 1.89. The molecule has 0 bridgehead atoms. The van der Waals surface area contributed by atoms with Crippen molar-refractivity contribution < 1.29 is 5.06 Å². The van der Waals surface area contributed by atoms with Crippen molar-refractivity contribution in [1.29, 1.82) is 0 Å². The zero-order chi connectivity index (χ0) is 11.1. The van der Waals surface area contributed by atoms with Gasteiger partial charge in [-0.1, -0.05) is 12.1 Å². The monoisotopic (exact) mass is 211 g/mol. The molecular weight excluding hydrogens is 194 g/mol. The molecule has 0 saturated heterocycles. The molecular formula is C9H17N5O. The van der Waals surface area contributed by atoms with Crippen LogP contribution in [0.2, 0.25) is 0 Å². The largest absolute Gasteiger partial charge is 0.633 e. The summed E-state index contributed by atoms with van der Waals surface area (Å²) in [5.74, 6) is 0. The Bertz CT molecular complexity index is 294. The lowest BCUT2D eigenvalue weighted by atomic mass is 10.2. The maximum Gasteiger partial charge on any atom is 0.128 e. The highest BCUT2D eigenvalue weighted by molar-refractivity contribution is 5.44. The number of hydroxylamine groups is 2. The molecule has 1 atom stereocenters. The fourth-order valence-corrected chi connectivity index (χ4v) is 1.21. The van der Waals surface area contributed by atoms with Crippen LogP contribution in [0.3, 0.4) is 0 Å². The van der Waals surface area contributed by atoms with Crippen LogP contribution < -0.4 is 27.4 Å². The summed E-state index contributed by atoms with van der Waals surface area (Å²) in [7, 11) is 0. The summed E-state index contributed by atoms with van der Waals surface area (Å²) in [6.07, 6.45) is 0. The zero-order valence-corrected chi connectivity index (χ0v) is 8.49. The summed E-state index contributed by atoms with van der Waals surface area (Å²) < 4.78 is 0. The topological polar surface area (TPSA) is 104 Å². The second-order valence-corrected chi connectivity index (χ2v) is 3.13. The Morgan fingerprint density at radius 3 is 2.80 bits per heavy atom. The molecule has 0 aliphatic carbocycles. The van der Waals surface area contributed by atoms with Gasteiger partial charge >= 0.3 is 0 Å². The van der Waals surface area contributed by atoms with Crippen LogP contribution in [0.1, 0.15) is 5.56 Å². The molecule has 1 aromatic carbocycles. The maximum absolute atomic E-state index is 11.1. The third-order valence-corrected chi connectivity index (χ3v) is 1.89. The molecule has 1 unspecified atom stereocenters. The molecule has 0 radical (unpaired) electrons. The number of rotatable bonds is 6. The second kappa shape index (κ2) is 6.33. The summed E-state index contributed by atoms with van der Waals surface area (Å²) in [4.78, 5) is 0. The second-order valence-electron chi connectivity index (χ2n) is 3.13. The third kappa shape index (κ3) is 4.24. The van der Waals surface area contributed by atoms with Crippen molar-refractivity contribution in [3.8, 4) is 0 Å². The van der Waals surface area contributed by atoms with Crippen molar-refractivity contribution in [3.63, 3.8) is 0 Å². The predicted octanol–water partition coefficient (Wildman–Crippen LogP) is -1.68. The van der Waals surface area contributed by atoms with Gasteiger partial charge in [-0.05, 0) is 12.1 Å². The molecule has 0 amide bonds. The molecule has 0 aliphatic heterocycles. The number of hydrogen-bond acceptors (Lipinski definition) is 5. The number of benzene rings is 1. The van der Waals surface area contributed by atoms with E-state index in [4.69, 9.17) is 11.5 Å². The average Bonchev–Trinajstić information content (AvgIpc) is 2.26. The van der Waals surface area contributed by atoms with Crippen molar-refractivity contribution in [2.45, 2.75) is 6.54 Å². The molecule has 0 aromatic heterocycles. The van der Waals surface area contributed by atoms with Gasteiger partial charge in [0.05, 0.1) is 6.67 Å². The SMILES string of the molecule is NCNNc1cccc(C[NH+]([O-])CN)c1. The molecule has 0 saturated carbocycles. The van der Waals surface area contributed by atoms with Gasteiger partial charge in [0.25, 0.3) is 0 Å². The highest BCUT2D eigenvalue weighted by Crippen LogP contribution is 2.08. The van der Waals surface area contributed by atoms with Gasteiger partial charge < -0.3 is 21.4 Å². The van der Waals surface area contributed by atoms with Crippen molar-refractivity contribution in [3.05, 3.63) is 35.0 Å². The Morgan fingerprint density at radius 1 is 1.33 bits per heavy atom. The van der Waals surface area contributed by atoms with E-state index in [-0.39, 0.29) is 11.7 Å². The Kier molecular flexibility index (Phi) is 5.02. The van der Waals surface area contributed by atoms with E-state index in [0.29, 0.717) is 13.2 Å². The molecule has 6 nitrogen and oxygen atoms in total. The molecule has 0 heterocycles. The van der Waals surface area contributed by atoms with E-state index in [0.717, 1.165) is 11.3 Å². The van der Waals surface area contributed by atoms with Gasteiger partial charge in [0.15, 0.2) is 0 Å². The van der Waals surface area contributed by atoms with E-state index in [2.05, 4.69) is 10.9 Å². The van der Waals surface area contributed by atoms with Crippen LogP contribution in [0, 0.1) is 5.21 Å². The maximum atomic E-state index is 11.1. The van der Waals surface area contributed by atoms with Crippen LogP contribution in [0.4, 0.5) is 5.69 Å². The Balaban J connectivity index is 2.57. The molecule has 0 spiro atoms. The number of hydrazine groups is 1. The van der Waals surface area contributed by atoms with Gasteiger partial charge in [0.1, 0.15) is 13.2 Å².